The predicted molar refractivity (Wildman–Crippen MR) is 86.2 cm³/mol. The molecule has 0 heterocycles. The topological polar surface area (TPSA) is 70.2 Å². The van der Waals surface area contributed by atoms with Gasteiger partial charge in [0, 0.05) is 36.7 Å². The first-order valence-electron chi connectivity index (χ1n) is 8.25. The van der Waals surface area contributed by atoms with Gasteiger partial charge >= 0.3 is 6.03 Å². The van der Waals surface area contributed by atoms with Crippen molar-refractivity contribution < 1.29 is 18.4 Å². The minimum absolute atomic E-state index is 0.108. The molecule has 0 bridgehead atoms. The number of halogens is 2. The Balaban J connectivity index is 1.51. The van der Waals surface area contributed by atoms with Crippen LogP contribution in [0.25, 0.3) is 0 Å². The van der Waals surface area contributed by atoms with Crippen LogP contribution in [-0.4, -0.2) is 30.4 Å². The number of carbonyl (C=O) groups is 2. The Morgan fingerprint density at radius 1 is 1.21 bits per heavy atom. The number of rotatable bonds is 5. The van der Waals surface area contributed by atoms with Crippen molar-refractivity contribution >= 4 is 17.6 Å². The maximum absolute atomic E-state index is 13.2. The lowest BCUT2D eigenvalue weighted by Crippen LogP contribution is -2.31. The van der Waals surface area contributed by atoms with Crippen LogP contribution in [0, 0.1) is 5.92 Å². The van der Waals surface area contributed by atoms with Gasteiger partial charge in [-0.05, 0) is 43.4 Å². The first-order chi connectivity index (χ1) is 11.4. The summed E-state index contributed by atoms with van der Waals surface area (Å²) in [5.41, 5.74) is 0.914. The van der Waals surface area contributed by atoms with E-state index >= 15 is 0 Å². The molecular formula is C17H21F2N3O2. The summed E-state index contributed by atoms with van der Waals surface area (Å²) in [6.45, 7) is 0.244. The number of carbonyl (C=O) groups excluding carboxylic acids is 2. The lowest BCUT2D eigenvalue weighted by atomic mass is 10.1. The lowest BCUT2D eigenvalue weighted by molar-refractivity contribution is 0.00504. The fraction of sp³-hybridized carbons (Fsp3) is 0.529. The number of alkyl halides is 2. The highest BCUT2D eigenvalue weighted by Gasteiger charge is 2.39. The van der Waals surface area contributed by atoms with Crippen molar-refractivity contribution in [2.24, 2.45) is 5.92 Å². The van der Waals surface area contributed by atoms with E-state index in [1.807, 2.05) is 0 Å². The van der Waals surface area contributed by atoms with Gasteiger partial charge < -0.3 is 16.0 Å². The highest BCUT2D eigenvalue weighted by atomic mass is 19.3. The highest BCUT2D eigenvalue weighted by molar-refractivity contribution is 5.96. The Morgan fingerprint density at radius 2 is 2.00 bits per heavy atom. The van der Waals surface area contributed by atoms with E-state index in [1.54, 1.807) is 24.3 Å². The molecule has 1 atom stereocenters. The molecule has 1 aromatic carbocycles. The monoisotopic (exact) mass is 337 g/mol. The average Bonchev–Trinajstić information content (AvgIpc) is 3.26. The van der Waals surface area contributed by atoms with E-state index in [2.05, 4.69) is 16.0 Å². The van der Waals surface area contributed by atoms with Gasteiger partial charge in [-0.1, -0.05) is 6.07 Å². The Hall–Kier alpha value is -2.18. The fourth-order valence-corrected chi connectivity index (χ4v) is 2.87. The van der Waals surface area contributed by atoms with Gasteiger partial charge in [-0.3, -0.25) is 4.79 Å². The van der Waals surface area contributed by atoms with Gasteiger partial charge in [0.15, 0.2) is 0 Å². The Kier molecular flexibility index (Phi) is 4.69. The van der Waals surface area contributed by atoms with Crippen LogP contribution in [0.15, 0.2) is 24.3 Å². The quantitative estimate of drug-likeness (QED) is 0.772. The Bertz CT molecular complexity index is 632. The van der Waals surface area contributed by atoms with Gasteiger partial charge in [0.2, 0.25) is 5.92 Å². The molecule has 0 saturated heterocycles. The second-order valence-electron chi connectivity index (χ2n) is 6.63. The van der Waals surface area contributed by atoms with Gasteiger partial charge in [-0.25, -0.2) is 13.6 Å². The molecule has 7 heteroatoms. The number of hydrogen-bond donors (Lipinski definition) is 3. The van der Waals surface area contributed by atoms with Crippen molar-refractivity contribution in [2.75, 3.05) is 11.9 Å². The normalized spacial score (nSPS) is 22.0. The standard InChI is InChI=1S/C17H21F2N3O2/c18-17(19)7-6-11(9-17)10-20-15(23)12-2-1-3-14(8-12)22-16(24)21-13-4-5-13/h1-3,8,11,13H,4-7,9-10H2,(H,20,23)(H2,21,22,24). The van der Waals surface area contributed by atoms with Gasteiger partial charge in [0.25, 0.3) is 5.91 Å². The maximum atomic E-state index is 13.2. The summed E-state index contributed by atoms with van der Waals surface area (Å²) in [5, 5.41) is 8.19. The van der Waals surface area contributed by atoms with E-state index < -0.39 is 5.92 Å². The molecule has 3 rings (SSSR count). The van der Waals surface area contributed by atoms with E-state index in [9.17, 15) is 18.4 Å². The molecule has 2 saturated carbocycles. The van der Waals surface area contributed by atoms with E-state index in [0.29, 0.717) is 17.7 Å². The predicted octanol–water partition coefficient (Wildman–Crippen LogP) is 3.14. The van der Waals surface area contributed by atoms with Crippen molar-refractivity contribution in [1.29, 1.82) is 0 Å². The summed E-state index contributed by atoms with van der Waals surface area (Å²) >= 11 is 0. The largest absolute Gasteiger partial charge is 0.352 e. The zero-order valence-corrected chi connectivity index (χ0v) is 13.3. The van der Waals surface area contributed by atoms with Gasteiger partial charge in [0.05, 0.1) is 0 Å². The van der Waals surface area contributed by atoms with Crippen LogP contribution in [0.4, 0.5) is 19.3 Å². The number of hydrogen-bond acceptors (Lipinski definition) is 2. The third kappa shape index (κ3) is 4.66. The van der Waals surface area contributed by atoms with Gasteiger partial charge in [-0.15, -0.1) is 0 Å². The summed E-state index contributed by atoms with van der Waals surface area (Å²) in [4.78, 5) is 23.9. The van der Waals surface area contributed by atoms with Crippen LogP contribution in [-0.2, 0) is 0 Å². The average molecular weight is 337 g/mol. The van der Waals surface area contributed by atoms with Crippen LogP contribution in [0.1, 0.15) is 42.5 Å². The van der Waals surface area contributed by atoms with Crippen LogP contribution in [0.3, 0.4) is 0 Å². The minimum Gasteiger partial charge on any atom is -0.352 e. The maximum Gasteiger partial charge on any atom is 0.319 e. The molecule has 0 spiro atoms. The summed E-state index contributed by atoms with van der Waals surface area (Å²) in [6.07, 6.45) is 2.14. The van der Waals surface area contributed by atoms with Gasteiger partial charge in [-0.2, -0.15) is 0 Å². The van der Waals surface area contributed by atoms with Crippen LogP contribution < -0.4 is 16.0 Å². The SMILES string of the molecule is O=C(Nc1cccc(C(=O)NCC2CCC(F)(F)C2)c1)NC1CC1. The van der Waals surface area contributed by atoms with Crippen molar-refractivity contribution in [2.45, 2.75) is 44.1 Å². The lowest BCUT2D eigenvalue weighted by Gasteiger charge is -2.12. The smallest absolute Gasteiger partial charge is 0.319 e. The molecule has 1 unspecified atom stereocenters. The Morgan fingerprint density at radius 3 is 2.67 bits per heavy atom. The van der Waals surface area contributed by atoms with Crippen molar-refractivity contribution in [3.05, 3.63) is 29.8 Å². The number of urea groups is 1. The molecule has 0 aliphatic heterocycles. The molecule has 3 amide bonds. The molecule has 1 aromatic rings. The third-order valence-electron chi connectivity index (χ3n) is 4.35. The second kappa shape index (κ2) is 6.75. The summed E-state index contributed by atoms with van der Waals surface area (Å²) in [5.74, 6) is -3.11. The van der Waals surface area contributed by atoms with E-state index in [-0.39, 0.29) is 43.3 Å². The molecule has 0 aromatic heterocycles. The minimum atomic E-state index is -2.60. The summed E-state index contributed by atoms with van der Waals surface area (Å²) in [7, 11) is 0. The van der Waals surface area contributed by atoms with Crippen molar-refractivity contribution in [3.8, 4) is 0 Å². The summed E-state index contributed by atoms with van der Waals surface area (Å²) in [6, 6.07) is 6.53. The number of amides is 3. The van der Waals surface area contributed by atoms with E-state index in [4.69, 9.17) is 0 Å². The number of nitrogens with one attached hydrogen (secondary N) is 3. The van der Waals surface area contributed by atoms with Crippen LogP contribution >= 0.6 is 0 Å². The molecule has 0 radical (unpaired) electrons. The first kappa shape index (κ1) is 16.7. The van der Waals surface area contributed by atoms with Crippen LogP contribution in [0.2, 0.25) is 0 Å². The molecular weight excluding hydrogens is 316 g/mol. The third-order valence-corrected chi connectivity index (χ3v) is 4.35. The zero-order valence-electron chi connectivity index (χ0n) is 13.3. The Labute approximate surface area is 139 Å². The summed E-state index contributed by atoms with van der Waals surface area (Å²) < 4.78 is 26.3. The number of anilines is 1. The van der Waals surface area contributed by atoms with Crippen LogP contribution in [0.5, 0.6) is 0 Å². The zero-order chi connectivity index (χ0) is 17.2. The van der Waals surface area contributed by atoms with E-state index in [0.717, 1.165) is 12.8 Å². The molecule has 3 N–H and O–H groups in total. The highest BCUT2D eigenvalue weighted by Crippen LogP contribution is 2.38. The molecule has 130 valence electrons. The molecule has 2 aliphatic carbocycles. The fourth-order valence-electron chi connectivity index (χ4n) is 2.87. The molecule has 2 aliphatic rings. The number of benzene rings is 1. The molecule has 2 fully saturated rings. The van der Waals surface area contributed by atoms with E-state index in [1.165, 1.54) is 0 Å². The second-order valence-corrected chi connectivity index (χ2v) is 6.63. The van der Waals surface area contributed by atoms with Crippen molar-refractivity contribution in [3.63, 3.8) is 0 Å². The first-order valence-corrected chi connectivity index (χ1v) is 8.25. The van der Waals surface area contributed by atoms with Gasteiger partial charge in [0.1, 0.15) is 0 Å². The van der Waals surface area contributed by atoms with Crippen molar-refractivity contribution in [1.82, 2.24) is 10.6 Å². The molecule has 24 heavy (non-hydrogen) atoms. The molecule has 5 nitrogen and oxygen atoms in total.